The van der Waals surface area contributed by atoms with Gasteiger partial charge in [-0.2, -0.15) is 0 Å². The topological polar surface area (TPSA) is 78.6 Å². The molecule has 1 unspecified atom stereocenters. The number of nitrogens with zero attached hydrogens (tertiary/aromatic N) is 1. The van der Waals surface area contributed by atoms with E-state index >= 15 is 0 Å². The molecule has 0 heterocycles. The van der Waals surface area contributed by atoms with Crippen LogP contribution in [-0.4, -0.2) is 43.2 Å². The fourth-order valence-corrected chi connectivity index (χ4v) is 1.45. The lowest BCUT2D eigenvalue weighted by molar-refractivity contribution is 0.0827. The van der Waals surface area contributed by atoms with E-state index in [1.54, 1.807) is 32.3 Å². The Morgan fingerprint density at radius 3 is 2.72 bits per heavy atom. The van der Waals surface area contributed by atoms with Gasteiger partial charge in [-0.25, -0.2) is 0 Å². The van der Waals surface area contributed by atoms with Gasteiger partial charge in [0, 0.05) is 32.8 Å². The molecule has 0 aliphatic rings. The van der Waals surface area contributed by atoms with E-state index in [-0.39, 0.29) is 18.4 Å². The van der Waals surface area contributed by atoms with Crippen LogP contribution >= 0.6 is 0 Å². The van der Waals surface area contributed by atoms with E-state index in [9.17, 15) is 4.79 Å². The molecule has 0 saturated heterocycles. The van der Waals surface area contributed by atoms with Crippen LogP contribution in [0, 0.1) is 5.92 Å². The molecule has 5 heteroatoms. The summed E-state index contributed by atoms with van der Waals surface area (Å²) < 4.78 is 0. The SMILES string of the molecule is CC(CO)CNc1cc(C(=O)N(C)C)ccc1N. The van der Waals surface area contributed by atoms with Crippen LogP contribution in [0.25, 0.3) is 0 Å². The summed E-state index contributed by atoms with van der Waals surface area (Å²) in [6, 6.07) is 5.16. The molecular weight excluding hydrogens is 230 g/mol. The van der Waals surface area contributed by atoms with Crippen LogP contribution in [0.3, 0.4) is 0 Å². The fourth-order valence-electron chi connectivity index (χ4n) is 1.45. The summed E-state index contributed by atoms with van der Waals surface area (Å²) in [5, 5.41) is 12.1. The van der Waals surface area contributed by atoms with E-state index in [0.717, 1.165) is 5.69 Å². The number of benzene rings is 1. The number of anilines is 2. The van der Waals surface area contributed by atoms with Gasteiger partial charge in [0.25, 0.3) is 5.91 Å². The van der Waals surface area contributed by atoms with Gasteiger partial charge in [0.15, 0.2) is 0 Å². The van der Waals surface area contributed by atoms with E-state index in [4.69, 9.17) is 10.8 Å². The number of rotatable bonds is 5. The highest BCUT2D eigenvalue weighted by Gasteiger charge is 2.10. The molecule has 1 aromatic carbocycles. The Hall–Kier alpha value is -1.75. The second kappa shape index (κ2) is 6.26. The molecule has 0 aromatic heterocycles. The molecule has 0 saturated carbocycles. The molecule has 0 aliphatic heterocycles. The van der Waals surface area contributed by atoms with Gasteiger partial charge in [0.2, 0.25) is 0 Å². The van der Waals surface area contributed by atoms with E-state index in [0.29, 0.717) is 17.8 Å². The number of hydrogen-bond acceptors (Lipinski definition) is 4. The van der Waals surface area contributed by atoms with E-state index in [1.807, 2.05) is 6.92 Å². The molecule has 0 bridgehead atoms. The van der Waals surface area contributed by atoms with Gasteiger partial charge in [-0.3, -0.25) is 4.79 Å². The van der Waals surface area contributed by atoms with Crippen LogP contribution in [0.4, 0.5) is 11.4 Å². The third kappa shape index (κ3) is 3.63. The molecule has 0 aliphatic carbocycles. The van der Waals surface area contributed by atoms with Crippen molar-refractivity contribution < 1.29 is 9.90 Å². The smallest absolute Gasteiger partial charge is 0.253 e. The first-order valence-electron chi connectivity index (χ1n) is 5.91. The number of carbonyl (C=O) groups excluding carboxylic acids is 1. The highest BCUT2D eigenvalue weighted by Crippen LogP contribution is 2.21. The number of aliphatic hydroxyl groups is 1. The minimum Gasteiger partial charge on any atom is -0.397 e. The van der Waals surface area contributed by atoms with Crippen molar-refractivity contribution in [3.05, 3.63) is 23.8 Å². The Kier molecular flexibility index (Phi) is 4.97. The third-order valence-electron chi connectivity index (χ3n) is 2.66. The summed E-state index contributed by atoms with van der Waals surface area (Å²) >= 11 is 0. The lowest BCUT2D eigenvalue weighted by atomic mass is 10.1. The van der Waals surface area contributed by atoms with Gasteiger partial charge in [0.05, 0.1) is 11.4 Å². The highest BCUT2D eigenvalue weighted by atomic mass is 16.3. The van der Waals surface area contributed by atoms with Gasteiger partial charge < -0.3 is 21.1 Å². The Morgan fingerprint density at radius 2 is 2.17 bits per heavy atom. The van der Waals surface area contributed by atoms with Crippen molar-refractivity contribution >= 4 is 17.3 Å². The van der Waals surface area contributed by atoms with Crippen molar-refractivity contribution in [2.24, 2.45) is 5.92 Å². The van der Waals surface area contributed by atoms with Crippen molar-refractivity contribution in [1.82, 2.24) is 4.90 Å². The van der Waals surface area contributed by atoms with E-state index in [1.165, 1.54) is 4.90 Å². The average Bonchev–Trinajstić information content (AvgIpc) is 2.36. The molecule has 1 amide bonds. The molecule has 1 atom stereocenters. The zero-order chi connectivity index (χ0) is 13.7. The standard InChI is InChI=1S/C13H21N3O2/c1-9(8-17)7-15-12-6-10(4-5-11(12)14)13(18)16(2)3/h4-6,9,15,17H,7-8,14H2,1-3H3. The second-order valence-electron chi connectivity index (χ2n) is 4.67. The Morgan fingerprint density at radius 1 is 1.50 bits per heavy atom. The summed E-state index contributed by atoms with van der Waals surface area (Å²) in [5.41, 5.74) is 7.75. The molecule has 1 rings (SSSR count). The van der Waals surface area contributed by atoms with E-state index < -0.39 is 0 Å². The summed E-state index contributed by atoms with van der Waals surface area (Å²) in [6.07, 6.45) is 0. The highest BCUT2D eigenvalue weighted by molar-refractivity contribution is 5.95. The molecule has 18 heavy (non-hydrogen) atoms. The number of nitrogens with two attached hydrogens (primary N) is 1. The van der Waals surface area contributed by atoms with Crippen LogP contribution < -0.4 is 11.1 Å². The summed E-state index contributed by atoms with van der Waals surface area (Å²) in [7, 11) is 3.42. The zero-order valence-corrected chi connectivity index (χ0v) is 11.1. The lowest BCUT2D eigenvalue weighted by Crippen LogP contribution is -2.22. The molecule has 4 N–H and O–H groups in total. The van der Waals surface area contributed by atoms with Gasteiger partial charge in [-0.1, -0.05) is 6.92 Å². The average molecular weight is 251 g/mol. The monoisotopic (exact) mass is 251 g/mol. The zero-order valence-electron chi connectivity index (χ0n) is 11.1. The quantitative estimate of drug-likeness (QED) is 0.682. The van der Waals surface area contributed by atoms with E-state index in [2.05, 4.69) is 5.32 Å². The van der Waals surface area contributed by atoms with Gasteiger partial charge >= 0.3 is 0 Å². The summed E-state index contributed by atoms with van der Waals surface area (Å²) in [5.74, 6) is 0.0749. The van der Waals surface area contributed by atoms with Crippen LogP contribution in [0.1, 0.15) is 17.3 Å². The maximum atomic E-state index is 11.8. The number of nitrogens with one attached hydrogen (secondary N) is 1. The summed E-state index contributed by atoms with van der Waals surface area (Å²) in [4.78, 5) is 13.3. The van der Waals surface area contributed by atoms with Crippen molar-refractivity contribution in [2.45, 2.75) is 6.92 Å². The lowest BCUT2D eigenvalue weighted by Gasteiger charge is -2.15. The molecule has 5 nitrogen and oxygen atoms in total. The van der Waals surface area contributed by atoms with Crippen molar-refractivity contribution in [3.8, 4) is 0 Å². The first-order valence-corrected chi connectivity index (χ1v) is 5.91. The minimum absolute atomic E-state index is 0.0618. The van der Waals surface area contributed by atoms with Gasteiger partial charge in [-0.15, -0.1) is 0 Å². The van der Waals surface area contributed by atoms with Crippen LogP contribution in [0.2, 0.25) is 0 Å². The first kappa shape index (κ1) is 14.3. The number of nitrogen functional groups attached to an aromatic ring is 1. The minimum atomic E-state index is -0.0618. The first-order chi connectivity index (χ1) is 8.45. The number of aliphatic hydroxyl groups excluding tert-OH is 1. The van der Waals surface area contributed by atoms with Crippen molar-refractivity contribution in [2.75, 3.05) is 38.3 Å². The fraction of sp³-hybridized carbons (Fsp3) is 0.462. The Balaban J connectivity index is 2.84. The van der Waals surface area contributed by atoms with Gasteiger partial charge in [0.1, 0.15) is 0 Å². The molecule has 1 aromatic rings. The number of hydrogen-bond donors (Lipinski definition) is 3. The molecule has 0 spiro atoms. The molecular formula is C13H21N3O2. The third-order valence-corrected chi connectivity index (χ3v) is 2.66. The normalized spacial score (nSPS) is 12.0. The van der Waals surface area contributed by atoms with Crippen molar-refractivity contribution in [3.63, 3.8) is 0 Å². The van der Waals surface area contributed by atoms with Crippen LogP contribution in [0.5, 0.6) is 0 Å². The number of amides is 1. The molecule has 0 radical (unpaired) electrons. The summed E-state index contributed by atoms with van der Waals surface area (Å²) in [6.45, 7) is 2.65. The second-order valence-corrected chi connectivity index (χ2v) is 4.67. The maximum Gasteiger partial charge on any atom is 0.253 e. The predicted octanol–water partition coefficient (Wildman–Crippen LogP) is 1.01. The Bertz CT molecular complexity index is 419. The predicted molar refractivity (Wildman–Crippen MR) is 73.6 cm³/mol. The van der Waals surface area contributed by atoms with Crippen LogP contribution in [-0.2, 0) is 0 Å². The molecule has 100 valence electrons. The largest absolute Gasteiger partial charge is 0.397 e. The Labute approximate surface area is 108 Å². The van der Waals surface area contributed by atoms with Crippen LogP contribution in [0.15, 0.2) is 18.2 Å². The molecule has 0 fully saturated rings. The van der Waals surface area contributed by atoms with Gasteiger partial charge in [-0.05, 0) is 24.1 Å². The number of carbonyl (C=O) groups is 1. The van der Waals surface area contributed by atoms with Crippen molar-refractivity contribution in [1.29, 1.82) is 0 Å². The maximum absolute atomic E-state index is 11.8.